The van der Waals surface area contributed by atoms with Gasteiger partial charge < -0.3 is 30.8 Å². The highest BCUT2D eigenvalue weighted by Gasteiger charge is 2.39. The van der Waals surface area contributed by atoms with Crippen LogP contribution in [0.25, 0.3) is 0 Å². The van der Waals surface area contributed by atoms with Gasteiger partial charge in [0.2, 0.25) is 5.95 Å². The Balaban J connectivity index is 1.82. The van der Waals surface area contributed by atoms with Crippen LogP contribution >= 0.6 is 0 Å². The number of rotatable bonds is 5. The number of allylic oxidation sites excluding steroid dienone is 2. The highest BCUT2D eigenvalue weighted by atomic mass is 16.5. The van der Waals surface area contributed by atoms with Gasteiger partial charge in [0.25, 0.3) is 0 Å². The standard InChI is InChI=1S/C30H28N4O4/c1-36-25-10-6-4-8-21(25)13-12-20-16-17-30(38-3,18-23-19-33-29(32)34-28(23)31)27(35)24(20)15-14-22-9-5-7-11-26(22)37-2/h4-11,16-17,19-20,35H,18H2,1-3H3,(H4,31,32,33,34). The molecule has 0 saturated heterocycles. The van der Waals surface area contributed by atoms with Gasteiger partial charge in [-0.3, -0.25) is 0 Å². The molecule has 1 heterocycles. The molecule has 8 nitrogen and oxygen atoms in total. The Morgan fingerprint density at radius 2 is 1.55 bits per heavy atom. The van der Waals surface area contributed by atoms with Crippen molar-refractivity contribution in [3.8, 4) is 35.2 Å². The molecule has 0 amide bonds. The lowest BCUT2D eigenvalue weighted by Crippen LogP contribution is -2.38. The summed E-state index contributed by atoms with van der Waals surface area (Å²) in [7, 11) is 4.68. The lowest BCUT2D eigenvalue weighted by atomic mass is 9.81. The number of aromatic nitrogens is 2. The molecule has 2 aromatic carbocycles. The average Bonchev–Trinajstić information content (AvgIpc) is 2.94. The molecular weight excluding hydrogens is 480 g/mol. The first kappa shape index (κ1) is 26.2. The van der Waals surface area contributed by atoms with E-state index < -0.39 is 11.5 Å². The predicted octanol–water partition coefficient (Wildman–Crippen LogP) is 3.69. The monoisotopic (exact) mass is 508 g/mol. The zero-order valence-corrected chi connectivity index (χ0v) is 21.4. The molecule has 5 N–H and O–H groups in total. The molecular formula is C30H28N4O4. The van der Waals surface area contributed by atoms with Crippen LogP contribution < -0.4 is 20.9 Å². The maximum absolute atomic E-state index is 11.6. The number of aliphatic hydroxyl groups excluding tert-OH is 1. The maximum Gasteiger partial charge on any atom is 0.221 e. The SMILES string of the molecule is COc1ccccc1C#CC1=C(O)C(Cc2cnc(N)nc2N)(OC)C=CC1C#Cc1ccccc1OC. The molecule has 2 atom stereocenters. The third-order valence-electron chi connectivity index (χ3n) is 6.17. The van der Waals surface area contributed by atoms with E-state index in [1.165, 1.54) is 13.3 Å². The van der Waals surface area contributed by atoms with Gasteiger partial charge in [0, 0.05) is 25.3 Å². The van der Waals surface area contributed by atoms with Crippen molar-refractivity contribution >= 4 is 11.8 Å². The Labute approximate surface area is 222 Å². The molecule has 3 aromatic rings. The number of anilines is 2. The van der Waals surface area contributed by atoms with E-state index in [-0.39, 0.29) is 23.9 Å². The number of hydrogen-bond acceptors (Lipinski definition) is 8. The van der Waals surface area contributed by atoms with Crippen molar-refractivity contribution in [2.75, 3.05) is 32.8 Å². The summed E-state index contributed by atoms with van der Waals surface area (Å²) in [6, 6.07) is 14.9. The predicted molar refractivity (Wildman–Crippen MR) is 146 cm³/mol. The minimum Gasteiger partial charge on any atom is -0.508 e. The van der Waals surface area contributed by atoms with Gasteiger partial charge >= 0.3 is 0 Å². The highest BCUT2D eigenvalue weighted by Crippen LogP contribution is 2.36. The second-order valence-electron chi connectivity index (χ2n) is 8.43. The summed E-state index contributed by atoms with van der Waals surface area (Å²) in [5, 5.41) is 11.6. The van der Waals surface area contributed by atoms with Crippen LogP contribution in [0, 0.1) is 29.6 Å². The fourth-order valence-corrected chi connectivity index (χ4v) is 4.08. The average molecular weight is 509 g/mol. The van der Waals surface area contributed by atoms with Gasteiger partial charge in [-0.25, -0.2) is 4.98 Å². The summed E-state index contributed by atoms with van der Waals surface area (Å²) in [6.45, 7) is 0. The van der Waals surface area contributed by atoms with Gasteiger partial charge in [-0.1, -0.05) is 54.0 Å². The number of nitrogens with zero attached hydrogens (tertiary/aromatic N) is 2. The van der Waals surface area contributed by atoms with E-state index in [4.69, 9.17) is 25.7 Å². The van der Waals surface area contributed by atoms with Crippen LogP contribution in [-0.4, -0.2) is 42.0 Å². The first-order valence-corrected chi connectivity index (χ1v) is 11.8. The first-order chi connectivity index (χ1) is 18.4. The van der Waals surface area contributed by atoms with Gasteiger partial charge in [0.1, 0.15) is 28.7 Å². The topological polar surface area (TPSA) is 126 Å². The maximum atomic E-state index is 11.6. The van der Waals surface area contributed by atoms with E-state index in [0.29, 0.717) is 28.2 Å². The molecule has 1 aliphatic carbocycles. The zero-order valence-electron chi connectivity index (χ0n) is 21.4. The molecule has 192 valence electrons. The van der Waals surface area contributed by atoms with Gasteiger partial charge in [0.05, 0.1) is 36.8 Å². The second-order valence-corrected chi connectivity index (χ2v) is 8.43. The lowest BCUT2D eigenvalue weighted by Gasteiger charge is -2.33. The van der Waals surface area contributed by atoms with Gasteiger partial charge in [-0.2, -0.15) is 4.98 Å². The molecule has 1 aromatic heterocycles. The molecule has 4 rings (SSSR count). The van der Waals surface area contributed by atoms with Gasteiger partial charge in [-0.15, -0.1) is 0 Å². The van der Waals surface area contributed by atoms with Crippen LogP contribution in [0.1, 0.15) is 16.7 Å². The third kappa shape index (κ3) is 5.41. The van der Waals surface area contributed by atoms with Crippen LogP contribution in [0.4, 0.5) is 11.8 Å². The van der Waals surface area contributed by atoms with Gasteiger partial charge in [-0.05, 0) is 30.3 Å². The number of nitrogens with two attached hydrogens (primary N) is 2. The normalized spacial score (nSPS) is 18.1. The molecule has 0 fully saturated rings. The van der Waals surface area contributed by atoms with E-state index in [1.54, 1.807) is 20.3 Å². The minimum absolute atomic E-state index is 0.0618. The number of benzene rings is 2. The van der Waals surface area contributed by atoms with Crippen LogP contribution in [-0.2, 0) is 11.2 Å². The summed E-state index contributed by atoms with van der Waals surface area (Å²) in [4.78, 5) is 8.07. The fourth-order valence-electron chi connectivity index (χ4n) is 4.08. The summed E-state index contributed by atoms with van der Waals surface area (Å²) < 4.78 is 16.7. The quantitative estimate of drug-likeness (QED) is 0.352. The van der Waals surface area contributed by atoms with Crippen molar-refractivity contribution < 1.29 is 19.3 Å². The van der Waals surface area contributed by atoms with E-state index in [9.17, 15) is 5.11 Å². The summed E-state index contributed by atoms with van der Waals surface area (Å²) in [5.74, 6) is 13.5. The van der Waals surface area contributed by atoms with E-state index in [0.717, 1.165) is 5.56 Å². The minimum atomic E-state index is -1.26. The first-order valence-electron chi connectivity index (χ1n) is 11.8. The number of aliphatic hydroxyl groups is 1. The van der Waals surface area contributed by atoms with Crippen LogP contribution in [0.2, 0.25) is 0 Å². The number of methoxy groups -OCH3 is 3. The van der Waals surface area contributed by atoms with Crippen LogP contribution in [0.15, 0.2) is 78.2 Å². The highest BCUT2D eigenvalue weighted by molar-refractivity contribution is 5.56. The fraction of sp³-hybridized carbons (Fsp3) is 0.200. The Kier molecular flexibility index (Phi) is 7.86. The van der Waals surface area contributed by atoms with Crippen LogP contribution in [0.5, 0.6) is 11.5 Å². The summed E-state index contributed by atoms with van der Waals surface area (Å²) in [6.07, 6.45) is 5.29. The van der Waals surface area contributed by atoms with E-state index >= 15 is 0 Å². The molecule has 2 unspecified atom stereocenters. The summed E-state index contributed by atoms with van der Waals surface area (Å²) >= 11 is 0. The van der Waals surface area contributed by atoms with E-state index in [1.807, 2.05) is 54.6 Å². The Hall–Kier alpha value is -4.92. The molecule has 1 aliphatic rings. The number of hydrogen-bond donors (Lipinski definition) is 3. The summed E-state index contributed by atoms with van der Waals surface area (Å²) in [5.41, 5.74) is 12.8. The van der Waals surface area contributed by atoms with Crippen molar-refractivity contribution in [2.45, 2.75) is 12.0 Å². The smallest absolute Gasteiger partial charge is 0.221 e. The molecule has 0 radical (unpaired) electrons. The molecule has 0 spiro atoms. The molecule has 38 heavy (non-hydrogen) atoms. The van der Waals surface area contributed by atoms with E-state index in [2.05, 4.69) is 33.6 Å². The largest absolute Gasteiger partial charge is 0.508 e. The van der Waals surface area contributed by atoms with Crippen molar-refractivity contribution in [1.82, 2.24) is 9.97 Å². The second kappa shape index (κ2) is 11.4. The Morgan fingerprint density at radius 3 is 2.16 bits per heavy atom. The lowest BCUT2D eigenvalue weighted by molar-refractivity contribution is 0.0254. The molecule has 0 saturated carbocycles. The van der Waals surface area contributed by atoms with Crippen molar-refractivity contribution in [3.05, 3.63) is 94.9 Å². The number of ether oxygens (including phenoxy) is 3. The van der Waals surface area contributed by atoms with Crippen molar-refractivity contribution in [1.29, 1.82) is 0 Å². The Bertz CT molecular complexity index is 1520. The van der Waals surface area contributed by atoms with Crippen molar-refractivity contribution in [2.24, 2.45) is 5.92 Å². The molecule has 0 aliphatic heterocycles. The zero-order chi connectivity index (χ0) is 27.1. The molecule has 8 heteroatoms. The van der Waals surface area contributed by atoms with Gasteiger partial charge in [0.15, 0.2) is 0 Å². The third-order valence-corrected chi connectivity index (χ3v) is 6.17. The Morgan fingerprint density at radius 1 is 0.921 bits per heavy atom. The number of para-hydroxylation sites is 2. The number of nitrogen functional groups attached to an aromatic ring is 2. The molecule has 0 bridgehead atoms. The van der Waals surface area contributed by atoms with Crippen LogP contribution in [0.3, 0.4) is 0 Å². The van der Waals surface area contributed by atoms with Crippen molar-refractivity contribution in [3.63, 3.8) is 0 Å².